The summed E-state index contributed by atoms with van der Waals surface area (Å²) in [5.74, 6) is 0.956. The summed E-state index contributed by atoms with van der Waals surface area (Å²) in [6.07, 6.45) is 0. The molecule has 0 saturated heterocycles. The molecule has 0 aliphatic carbocycles. The monoisotopic (exact) mass is 636 g/mol. The van der Waals surface area contributed by atoms with Crippen LogP contribution in [0.25, 0.3) is 66.2 Å². The number of hydrogen-bond acceptors (Lipinski definition) is 1. The minimum atomic E-state index is -2.76. The van der Waals surface area contributed by atoms with Crippen molar-refractivity contribution in [3.8, 4) is 11.6 Å². The van der Waals surface area contributed by atoms with Gasteiger partial charge in [0.1, 0.15) is 5.58 Å². The number of benzene rings is 7. The van der Waals surface area contributed by atoms with E-state index in [2.05, 4.69) is 161 Å². The summed E-state index contributed by atoms with van der Waals surface area (Å²) in [5.41, 5.74) is 11.6. The van der Waals surface area contributed by atoms with E-state index in [0.717, 1.165) is 11.5 Å². The smallest absolute Gasteiger partial charge is 0.257 e. The van der Waals surface area contributed by atoms with Gasteiger partial charge in [0.05, 0.1) is 22.1 Å². The zero-order chi connectivity index (χ0) is 31.6. The summed E-state index contributed by atoms with van der Waals surface area (Å²) in [6, 6.07) is 57.1. The second-order valence-electron chi connectivity index (χ2n) is 13.9. The van der Waals surface area contributed by atoms with Crippen LogP contribution < -0.4 is 37.1 Å². The molecule has 0 saturated carbocycles. The first-order chi connectivity index (χ1) is 24.4. The Hall–Kier alpha value is -6.04. The molecule has 0 spiro atoms. The van der Waals surface area contributed by atoms with Gasteiger partial charge < -0.3 is 8.98 Å². The third-order valence-electron chi connectivity index (χ3n) is 12.0. The second-order valence-corrected chi connectivity index (χ2v) is 17.7. The van der Waals surface area contributed by atoms with E-state index in [-0.39, 0.29) is 6.71 Å². The molecule has 3 nitrogen and oxygen atoms in total. The van der Waals surface area contributed by atoms with Gasteiger partial charge in [-0.2, -0.15) is 0 Å². The predicted octanol–water partition coefficient (Wildman–Crippen LogP) is 5.46. The largest absolute Gasteiger partial charge is 0.440 e. The lowest BCUT2D eigenvalue weighted by Gasteiger charge is -2.42. The van der Waals surface area contributed by atoms with E-state index in [1.54, 1.807) is 0 Å². The molecule has 0 N–H and O–H groups in total. The topological polar surface area (TPSA) is 23.0 Å². The van der Waals surface area contributed by atoms with Crippen LogP contribution in [-0.4, -0.2) is 23.9 Å². The molecule has 0 radical (unpaired) electrons. The van der Waals surface area contributed by atoms with Gasteiger partial charge in [-0.3, -0.25) is 4.57 Å². The van der Waals surface area contributed by atoms with Gasteiger partial charge >= 0.3 is 0 Å². The van der Waals surface area contributed by atoms with Gasteiger partial charge in [-0.1, -0.05) is 133 Å². The Morgan fingerprint density at radius 1 is 0.469 bits per heavy atom. The first-order valence-electron chi connectivity index (χ1n) is 17.2. The predicted molar refractivity (Wildman–Crippen MR) is 207 cm³/mol. The lowest BCUT2D eigenvalue weighted by molar-refractivity contribution is 0.592. The van der Waals surface area contributed by atoms with E-state index in [9.17, 15) is 0 Å². The van der Waals surface area contributed by atoms with Gasteiger partial charge in [-0.25, -0.2) is 0 Å². The van der Waals surface area contributed by atoms with Crippen molar-refractivity contribution < 1.29 is 4.42 Å². The lowest BCUT2D eigenvalue weighted by atomic mass is 9.34. The average Bonchev–Trinajstić information content (AvgIpc) is 3.83. The third kappa shape index (κ3) is 2.62. The number of furan rings is 1. The van der Waals surface area contributed by atoms with Gasteiger partial charge in [0, 0.05) is 38.1 Å². The third-order valence-corrected chi connectivity index (χ3v) is 16.8. The summed E-state index contributed by atoms with van der Waals surface area (Å²) in [6.45, 7) is 0.0354. The second kappa shape index (κ2) is 8.33. The SMILES string of the molecule is c1ccc([Si]2(c3ccccc3)c3cccc4c3-n3c5c2cccc5c2cc5c6ccccc6n6c5c(c23)B4c2c-6oc3ccccc23)cc1. The zero-order valence-electron chi connectivity index (χ0n) is 26.3. The Balaban J connectivity index is 1.35. The summed E-state index contributed by atoms with van der Waals surface area (Å²) in [7, 11) is -2.76. The molecule has 0 fully saturated rings. The van der Waals surface area contributed by atoms with Crippen LogP contribution in [0.5, 0.6) is 0 Å². The maximum absolute atomic E-state index is 6.93. The van der Waals surface area contributed by atoms with Crippen molar-refractivity contribution in [2.45, 2.75) is 0 Å². The van der Waals surface area contributed by atoms with Crippen molar-refractivity contribution in [2.24, 2.45) is 0 Å². The fourth-order valence-corrected chi connectivity index (χ4v) is 15.5. The highest BCUT2D eigenvalue weighted by Gasteiger charge is 2.52. The van der Waals surface area contributed by atoms with Crippen LogP contribution in [0.3, 0.4) is 0 Å². The summed E-state index contributed by atoms with van der Waals surface area (Å²) in [4.78, 5) is 0. The molecule has 10 aromatic rings. The van der Waals surface area contributed by atoms with E-state index < -0.39 is 8.07 Å². The molecule has 0 amide bonds. The molecule has 13 rings (SSSR count). The Kier molecular flexibility index (Phi) is 4.25. The number of nitrogens with zero attached hydrogens (tertiary/aromatic N) is 2. The van der Waals surface area contributed by atoms with Crippen LogP contribution in [-0.2, 0) is 0 Å². The van der Waals surface area contributed by atoms with Gasteiger partial charge in [0.15, 0.2) is 8.07 Å². The van der Waals surface area contributed by atoms with Gasteiger partial charge in [0.25, 0.3) is 6.71 Å². The van der Waals surface area contributed by atoms with E-state index in [4.69, 9.17) is 4.42 Å². The van der Waals surface area contributed by atoms with Crippen LogP contribution in [0, 0.1) is 0 Å². The first kappa shape index (κ1) is 25.0. The van der Waals surface area contributed by atoms with E-state index in [1.807, 2.05) is 0 Å². The van der Waals surface area contributed by atoms with Gasteiger partial charge in [-0.05, 0) is 49.9 Å². The number of para-hydroxylation sites is 4. The molecule has 3 aliphatic heterocycles. The van der Waals surface area contributed by atoms with Crippen molar-refractivity contribution in [3.05, 3.63) is 152 Å². The highest BCUT2D eigenvalue weighted by molar-refractivity contribution is 7.22. The zero-order valence-corrected chi connectivity index (χ0v) is 27.3. The van der Waals surface area contributed by atoms with Gasteiger partial charge in [-0.15, -0.1) is 0 Å². The van der Waals surface area contributed by atoms with Crippen molar-refractivity contribution in [2.75, 3.05) is 0 Å². The van der Waals surface area contributed by atoms with E-state index >= 15 is 0 Å². The Labute approximate surface area is 282 Å². The number of aromatic nitrogens is 2. The lowest BCUT2D eigenvalue weighted by Crippen LogP contribution is -2.78. The summed E-state index contributed by atoms with van der Waals surface area (Å²) < 4.78 is 12.0. The van der Waals surface area contributed by atoms with Crippen LogP contribution in [0.1, 0.15) is 0 Å². The van der Waals surface area contributed by atoms with Crippen molar-refractivity contribution in [1.82, 2.24) is 9.13 Å². The maximum atomic E-state index is 6.93. The Bertz CT molecular complexity index is 3080. The molecule has 0 unspecified atom stereocenters. The minimum absolute atomic E-state index is 0.0354. The summed E-state index contributed by atoms with van der Waals surface area (Å²) in [5, 5.41) is 12.2. The normalized spacial score (nSPS) is 14.7. The standard InChI is InChI=1S/C44H25BN2OSi/c1-3-13-26(14-4-1)49(27-15-5-2-6-16-27)36-23-11-19-29-32-25-31-28-17-7-9-21-34(28)46-41(31)39-42(32)47(40(29)36)43-33(20-12-24-37(43)49)45(39)38-30-18-8-10-22-35(30)48-44(38)46/h1-25H. The molecular weight excluding hydrogens is 611 g/mol. The molecule has 0 bridgehead atoms. The molecule has 49 heavy (non-hydrogen) atoms. The van der Waals surface area contributed by atoms with Gasteiger partial charge in [0.2, 0.25) is 5.88 Å². The number of fused-ring (bicyclic) bond motifs is 10. The number of rotatable bonds is 2. The quantitative estimate of drug-likeness (QED) is 0.231. The fourth-order valence-electron chi connectivity index (χ4n) is 10.3. The highest BCUT2D eigenvalue weighted by atomic mass is 28.3. The van der Waals surface area contributed by atoms with Crippen molar-refractivity contribution in [1.29, 1.82) is 0 Å². The molecular formula is C44H25BN2OSi. The summed E-state index contributed by atoms with van der Waals surface area (Å²) >= 11 is 0. The minimum Gasteiger partial charge on any atom is -0.440 e. The number of hydrogen-bond donors (Lipinski definition) is 0. The van der Waals surface area contributed by atoms with Crippen LogP contribution in [0.4, 0.5) is 0 Å². The van der Waals surface area contributed by atoms with Crippen LogP contribution >= 0.6 is 0 Å². The molecule has 5 heteroatoms. The first-order valence-corrected chi connectivity index (χ1v) is 19.2. The fraction of sp³-hybridized carbons (Fsp3) is 0. The van der Waals surface area contributed by atoms with Crippen molar-refractivity contribution >= 4 is 107 Å². The van der Waals surface area contributed by atoms with E-state index in [0.29, 0.717) is 0 Å². The van der Waals surface area contributed by atoms with Crippen LogP contribution in [0.2, 0.25) is 0 Å². The molecule has 0 atom stereocenters. The molecule has 3 aliphatic rings. The Morgan fingerprint density at radius 2 is 1.10 bits per heavy atom. The molecule has 7 aromatic carbocycles. The molecule has 224 valence electrons. The Morgan fingerprint density at radius 3 is 1.92 bits per heavy atom. The maximum Gasteiger partial charge on any atom is 0.257 e. The van der Waals surface area contributed by atoms with Crippen LogP contribution in [0.15, 0.2) is 156 Å². The van der Waals surface area contributed by atoms with Crippen molar-refractivity contribution in [3.63, 3.8) is 0 Å². The highest BCUT2D eigenvalue weighted by Crippen LogP contribution is 2.43. The molecule has 6 heterocycles. The van der Waals surface area contributed by atoms with E-state index in [1.165, 1.54) is 91.8 Å². The average molecular weight is 637 g/mol. The molecule has 3 aromatic heterocycles.